The minimum atomic E-state index is -0.213. The molecule has 0 aliphatic carbocycles. The van der Waals surface area contributed by atoms with Gasteiger partial charge in [0.1, 0.15) is 0 Å². The molecule has 3 aromatic rings. The number of halogens is 1. The van der Waals surface area contributed by atoms with Gasteiger partial charge in [0.2, 0.25) is 5.91 Å². The Balaban J connectivity index is 1.78. The third kappa shape index (κ3) is 3.72. The number of benzene rings is 2. The number of carbonyl (C=O) groups excluding carboxylic acids is 2. The van der Waals surface area contributed by atoms with E-state index in [1.807, 2.05) is 12.1 Å². The predicted octanol–water partition coefficient (Wildman–Crippen LogP) is 4.55. The molecule has 24 heavy (non-hydrogen) atoms. The number of nitrogens with one attached hydrogen (secondary N) is 2. The Morgan fingerprint density at radius 3 is 2.58 bits per heavy atom. The Morgan fingerprint density at radius 2 is 1.88 bits per heavy atom. The molecule has 0 spiro atoms. The van der Waals surface area contributed by atoms with E-state index in [0.717, 1.165) is 10.2 Å². The van der Waals surface area contributed by atoms with E-state index in [2.05, 4.69) is 15.6 Å². The summed E-state index contributed by atoms with van der Waals surface area (Å²) in [6, 6.07) is 12.1. The lowest BCUT2D eigenvalue weighted by atomic mass is 10.2. The number of hydrogen-bond acceptors (Lipinski definition) is 4. The van der Waals surface area contributed by atoms with Crippen LogP contribution in [0, 0.1) is 0 Å². The van der Waals surface area contributed by atoms with Crippen LogP contribution >= 0.6 is 22.9 Å². The van der Waals surface area contributed by atoms with Gasteiger partial charge in [-0.1, -0.05) is 29.9 Å². The molecule has 0 aliphatic heterocycles. The molecule has 0 saturated heterocycles. The topological polar surface area (TPSA) is 71.1 Å². The van der Waals surface area contributed by atoms with E-state index in [1.54, 1.807) is 37.3 Å². The first-order valence-corrected chi connectivity index (χ1v) is 8.52. The Labute approximate surface area is 147 Å². The number of amides is 2. The molecule has 122 valence electrons. The molecule has 2 N–H and O–H groups in total. The molecule has 5 nitrogen and oxygen atoms in total. The fraction of sp³-hybridized carbons (Fsp3) is 0.118. The van der Waals surface area contributed by atoms with Gasteiger partial charge in [0.15, 0.2) is 5.13 Å². The van der Waals surface area contributed by atoms with E-state index >= 15 is 0 Å². The summed E-state index contributed by atoms with van der Waals surface area (Å²) in [7, 11) is 0. The summed E-state index contributed by atoms with van der Waals surface area (Å²) in [6.45, 7) is 1.78. The number of nitrogens with zero attached hydrogens (tertiary/aromatic N) is 1. The van der Waals surface area contributed by atoms with E-state index in [0.29, 0.717) is 27.8 Å². The van der Waals surface area contributed by atoms with Crippen LogP contribution in [0.25, 0.3) is 10.2 Å². The predicted molar refractivity (Wildman–Crippen MR) is 97.9 cm³/mol. The average Bonchev–Trinajstić information content (AvgIpc) is 2.96. The molecule has 7 heteroatoms. The fourth-order valence-electron chi connectivity index (χ4n) is 2.07. The molecule has 1 aromatic heterocycles. The van der Waals surface area contributed by atoms with Crippen LogP contribution in [-0.2, 0) is 4.79 Å². The fourth-order valence-corrected chi connectivity index (χ4v) is 3.12. The molecule has 1 heterocycles. The van der Waals surface area contributed by atoms with Crippen LogP contribution in [0.2, 0.25) is 5.02 Å². The van der Waals surface area contributed by atoms with Gasteiger partial charge < -0.3 is 10.6 Å². The van der Waals surface area contributed by atoms with Gasteiger partial charge in [0, 0.05) is 22.7 Å². The monoisotopic (exact) mass is 359 g/mol. The maximum absolute atomic E-state index is 12.2. The minimum absolute atomic E-state index is 0.0784. The van der Waals surface area contributed by atoms with Crippen molar-refractivity contribution >= 4 is 55.8 Å². The molecule has 0 aliphatic rings. The van der Waals surface area contributed by atoms with Crippen LogP contribution in [0.15, 0.2) is 42.5 Å². The number of aromatic nitrogens is 1. The lowest BCUT2D eigenvalue weighted by molar-refractivity contribution is -0.115. The van der Waals surface area contributed by atoms with Gasteiger partial charge in [0.25, 0.3) is 5.91 Å². The number of hydrogen-bond donors (Lipinski definition) is 2. The number of rotatable bonds is 4. The molecule has 0 unspecified atom stereocenters. The molecule has 0 atom stereocenters. The minimum Gasteiger partial charge on any atom is -0.322 e. The third-order valence-electron chi connectivity index (χ3n) is 3.32. The molecule has 0 fully saturated rings. The maximum atomic E-state index is 12.2. The van der Waals surface area contributed by atoms with Crippen molar-refractivity contribution in [1.82, 2.24) is 4.98 Å². The van der Waals surface area contributed by atoms with E-state index < -0.39 is 0 Å². The lowest BCUT2D eigenvalue weighted by Crippen LogP contribution is -2.11. The lowest BCUT2D eigenvalue weighted by Gasteiger charge is -2.05. The second-order valence-corrected chi connectivity index (χ2v) is 6.53. The first-order valence-electron chi connectivity index (χ1n) is 7.32. The van der Waals surface area contributed by atoms with Gasteiger partial charge >= 0.3 is 0 Å². The van der Waals surface area contributed by atoms with Crippen LogP contribution < -0.4 is 10.6 Å². The van der Waals surface area contributed by atoms with Crippen LogP contribution in [0.4, 0.5) is 10.8 Å². The van der Waals surface area contributed by atoms with Gasteiger partial charge in [-0.2, -0.15) is 0 Å². The highest BCUT2D eigenvalue weighted by atomic mass is 35.5. The molecule has 0 bridgehead atoms. The number of thiazole rings is 1. The van der Waals surface area contributed by atoms with E-state index in [4.69, 9.17) is 11.6 Å². The summed E-state index contributed by atoms with van der Waals surface area (Å²) < 4.78 is 0.885. The van der Waals surface area contributed by atoms with Crippen molar-refractivity contribution in [3.63, 3.8) is 0 Å². The summed E-state index contributed by atoms with van der Waals surface area (Å²) in [4.78, 5) is 28.0. The first kappa shape index (κ1) is 16.4. The van der Waals surface area contributed by atoms with Crippen molar-refractivity contribution in [1.29, 1.82) is 0 Å². The first-order chi connectivity index (χ1) is 11.5. The Bertz CT molecular complexity index is 906. The molecule has 2 amide bonds. The van der Waals surface area contributed by atoms with Gasteiger partial charge in [-0.3, -0.25) is 9.59 Å². The average molecular weight is 360 g/mol. The SMILES string of the molecule is CCC(=O)Nc1nc2ccc(NC(=O)c3ccc(Cl)cc3)cc2s1. The Hall–Kier alpha value is -2.44. The van der Waals surface area contributed by atoms with Crippen LogP contribution in [0.1, 0.15) is 23.7 Å². The highest BCUT2D eigenvalue weighted by Crippen LogP contribution is 2.28. The molecular weight excluding hydrogens is 346 g/mol. The van der Waals surface area contributed by atoms with Gasteiger partial charge in [-0.25, -0.2) is 4.98 Å². The summed E-state index contributed by atoms with van der Waals surface area (Å²) in [5.41, 5.74) is 1.97. The molecule has 3 rings (SSSR count). The zero-order valence-electron chi connectivity index (χ0n) is 12.8. The molecule has 2 aromatic carbocycles. The van der Waals surface area contributed by atoms with Crippen LogP contribution in [0.3, 0.4) is 0 Å². The van der Waals surface area contributed by atoms with Crippen molar-refractivity contribution in [2.45, 2.75) is 13.3 Å². The second-order valence-electron chi connectivity index (χ2n) is 5.06. The second kappa shape index (κ2) is 6.98. The molecule has 0 radical (unpaired) electrons. The van der Waals surface area contributed by atoms with Gasteiger partial charge in [-0.15, -0.1) is 0 Å². The van der Waals surface area contributed by atoms with E-state index in [-0.39, 0.29) is 11.8 Å². The Kier molecular flexibility index (Phi) is 4.78. The summed E-state index contributed by atoms with van der Waals surface area (Å²) in [5, 5.41) is 6.72. The Morgan fingerprint density at radius 1 is 1.12 bits per heavy atom. The quantitative estimate of drug-likeness (QED) is 0.717. The molecular formula is C17H14ClN3O2S. The van der Waals surface area contributed by atoms with Crippen molar-refractivity contribution in [2.75, 3.05) is 10.6 Å². The van der Waals surface area contributed by atoms with E-state index in [9.17, 15) is 9.59 Å². The number of anilines is 2. The number of carbonyl (C=O) groups is 2. The van der Waals surface area contributed by atoms with Crippen LogP contribution in [-0.4, -0.2) is 16.8 Å². The molecule has 0 saturated carbocycles. The highest BCUT2D eigenvalue weighted by molar-refractivity contribution is 7.22. The summed E-state index contributed by atoms with van der Waals surface area (Å²) in [6.07, 6.45) is 0.401. The maximum Gasteiger partial charge on any atom is 0.255 e. The highest BCUT2D eigenvalue weighted by Gasteiger charge is 2.09. The van der Waals surface area contributed by atoms with Crippen molar-refractivity contribution < 1.29 is 9.59 Å². The van der Waals surface area contributed by atoms with Crippen molar-refractivity contribution in [2.24, 2.45) is 0 Å². The van der Waals surface area contributed by atoms with E-state index in [1.165, 1.54) is 11.3 Å². The zero-order chi connectivity index (χ0) is 17.1. The standard InChI is InChI=1S/C17H14ClN3O2S/c1-2-15(22)21-17-20-13-8-7-12(9-14(13)24-17)19-16(23)10-3-5-11(18)6-4-10/h3-9H,2H2,1H3,(H,19,23)(H,20,21,22). The van der Waals surface area contributed by atoms with Crippen LogP contribution in [0.5, 0.6) is 0 Å². The number of fused-ring (bicyclic) bond motifs is 1. The zero-order valence-corrected chi connectivity index (χ0v) is 14.4. The van der Waals surface area contributed by atoms with Crippen molar-refractivity contribution in [3.8, 4) is 0 Å². The van der Waals surface area contributed by atoms with Gasteiger partial charge in [-0.05, 0) is 42.5 Å². The smallest absolute Gasteiger partial charge is 0.255 e. The normalized spacial score (nSPS) is 10.6. The summed E-state index contributed by atoms with van der Waals surface area (Å²) in [5.74, 6) is -0.291. The largest absolute Gasteiger partial charge is 0.322 e. The van der Waals surface area contributed by atoms with Crippen molar-refractivity contribution in [3.05, 3.63) is 53.1 Å². The van der Waals surface area contributed by atoms with Gasteiger partial charge in [0.05, 0.1) is 10.2 Å². The third-order valence-corrected chi connectivity index (χ3v) is 4.51. The summed E-state index contributed by atoms with van der Waals surface area (Å²) >= 11 is 7.19.